The zero-order valence-electron chi connectivity index (χ0n) is 16.0. The largest absolute Gasteiger partial charge is 0.372 e. The Balaban J connectivity index is 1.44. The highest BCUT2D eigenvalue weighted by molar-refractivity contribution is 6.39. The maximum Gasteiger partial charge on any atom is 0.313 e. The summed E-state index contributed by atoms with van der Waals surface area (Å²) in [4.78, 5) is 26.4. The molecule has 3 rings (SSSR count). The van der Waals surface area contributed by atoms with Gasteiger partial charge < -0.3 is 15.5 Å². The van der Waals surface area contributed by atoms with Crippen molar-refractivity contribution in [2.24, 2.45) is 0 Å². The van der Waals surface area contributed by atoms with Gasteiger partial charge in [0.15, 0.2) is 0 Å². The number of aryl methyl sites for hydroxylation is 2. The van der Waals surface area contributed by atoms with Gasteiger partial charge in [-0.05, 0) is 74.1 Å². The van der Waals surface area contributed by atoms with Gasteiger partial charge in [0, 0.05) is 31.0 Å². The Morgan fingerprint density at radius 2 is 1.63 bits per heavy atom. The molecule has 2 N–H and O–H groups in total. The van der Waals surface area contributed by atoms with Crippen molar-refractivity contribution in [2.45, 2.75) is 33.1 Å². The summed E-state index contributed by atoms with van der Waals surface area (Å²) in [5.41, 5.74) is 5.26. The van der Waals surface area contributed by atoms with Gasteiger partial charge in [0.25, 0.3) is 0 Å². The first-order valence-electron chi connectivity index (χ1n) is 9.53. The van der Waals surface area contributed by atoms with Crippen molar-refractivity contribution in [3.8, 4) is 0 Å². The third kappa shape index (κ3) is 5.09. The molecule has 1 saturated heterocycles. The van der Waals surface area contributed by atoms with Gasteiger partial charge in [-0.25, -0.2) is 0 Å². The van der Waals surface area contributed by atoms with E-state index in [2.05, 4.69) is 39.8 Å². The van der Waals surface area contributed by atoms with E-state index in [1.54, 1.807) is 6.07 Å². The Labute approximate surface area is 160 Å². The number of carbonyl (C=O) groups is 2. The molecule has 0 saturated carbocycles. The normalized spacial score (nSPS) is 13.5. The van der Waals surface area contributed by atoms with E-state index in [0.717, 1.165) is 29.8 Å². The van der Waals surface area contributed by atoms with E-state index in [0.29, 0.717) is 18.7 Å². The lowest BCUT2D eigenvalue weighted by Gasteiger charge is -2.17. The lowest BCUT2D eigenvalue weighted by atomic mass is 10.1. The molecular weight excluding hydrogens is 338 g/mol. The van der Waals surface area contributed by atoms with Crippen molar-refractivity contribution < 1.29 is 9.59 Å². The van der Waals surface area contributed by atoms with E-state index in [1.165, 1.54) is 18.5 Å². The van der Waals surface area contributed by atoms with Crippen LogP contribution >= 0.6 is 0 Å². The van der Waals surface area contributed by atoms with E-state index >= 15 is 0 Å². The van der Waals surface area contributed by atoms with Crippen molar-refractivity contribution in [3.05, 3.63) is 59.2 Å². The van der Waals surface area contributed by atoms with Crippen molar-refractivity contribution in [1.29, 1.82) is 0 Å². The zero-order valence-corrected chi connectivity index (χ0v) is 16.0. The lowest BCUT2D eigenvalue weighted by Crippen LogP contribution is -2.36. The molecule has 2 amide bonds. The Morgan fingerprint density at radius 1 is 0.926 bits per heavy atom. The highest BCUT2D eigenvalue weighted by Gasteiger charge is 2.14. The van der Waals surface area contributed by atoms with Gasteiger partial charge in [-0.2, -0.15) is 0 Å². The van der Waals surface area contributed by atoms with E-state index < -0.39 is 11.8 Å². The molecule has 1 aliphatic heterocycles. The zero-order chi connectivity index (χ0) is 19.2. The molecule has 0 spiro atoms. The minimum Gasteiger partial charge on any atom is -0.372 e. The van der Waals surface area contributed by atoms with Crippen molar-refractivity contribution >= 4 is 23.2 Å². The number of amides is 2. The van der Waals surface area contributed by atoms with Gasteiger partial charge in [-0.15, -0.1) is 0 Å². The lowest BCUT2D eigenvalue weighted by molar-refractivity contribution is -0.136. The predicted octanol–water partition coefficient (Wildman–Crippen LogP) is 3.20. The fourth-order valence-electron chi connectivity index (χ4n) is 3.26. The Hall–Kier alpha value is -2.82. The minimum absolute atomic E-state index is 0.433. The summed E-state index contributed by atoms with van der Waals surface area (Å²) in [6.45, 7) is 6.67. The number of nitrogens with zero attached hydrogens (tertiary/aromatic N) is 1. The molecule has 5 nitrogen and oxygen atoms in total. The molecule has 0 bridgehead atoms. The van der Waals surface area contributed by atoms with Crippen LogP contribution in [0.25, 0.3) is 0 Å². The van der Waals surface area contributed by atoms with Gasteiger partial charge in [0.05, 0.1) is 0 Å². The molecule has 1 heterocycles. The smallest absolute Gasteiger partial charge is 0.313 e. The Bertz CT molecular complexity index is 809. The quantitative estimate of drug-likeness (QED) is 0.800. The number of nitrogens with one attached hydrogen (secondary N) is 2. The second-order valence-corrected chi connectivity index (χ2v) is 7.12. The number of benzene rings is 2. The average molecular weight is 365 g/mol. The van der Waals surface area contributed by atoms with Crippen LogP contribution in [0.1, 0.15) is 29.5 Å². The third-order valence-electron chi connectivity index (χ3n) is 5.08. The van der Waals surface area contributed by atoms with Crippen molar-refractivity contribution in [1.82, 2.24) is 5.32 Å². The monoisotopic (exact) mass is 365 g/mol. The summed E-state index contributed by atoms with van der Waals surface area (Å²) >= 11 is 0. The van der Waals surface area contributed by atoms with Gasteiger partial charge in [-0.3, -0.25) is 9.59 Å². The van der Waals surface area contributed by atoms with E-state index in [-0.39, 0.29) is 0 Å². The van der Waals surface area contributed by atoms with Crippen LogP contribution < -0.4 is 15.5 Å². The Morgan fingerprint density at radius 3 is 2.30 bits per heavy atom. The van der Waals surface area contributed by atoms with Crippen LogP contribution in [0.3, 0.4) is 0 Å². The van der Waals surface area contributed by atoms with E-state index in [4.69, 9.17) is 0 Å². The van der Waals surface area contributed by atoms with Crippen LogP contribution in [-0.4, -0.2) is 31.4 Å². The van der Waals surface area contributed by atoms with Crippen LogP contribution in [-0.2, 0) is 16.0 Å². The number of carbonyl (C=O) groups excluding carboxylic acids is 2. The molecule has 0 aliphatic carbocycles. The van der Waals surface area contributed by atoms with Gasteiger partial charge in [0.1, 0.15) is 0 Å². The number of hydrogen-bond acceptors (Lipinski definition) is 3. The summed E-state index contributed by atoms with van der Waals surface area (Å²) < 4.78 is 0. The summed E-state index contributed by atoms with van der Waals surface area (Å²) in [7, 11) is 0. The molecule has 27 heavy (non-hydrogen) atoms. The van der Waals surface area contributed by atoms with Gasteiger partial charge in [-0.1, -0.05) is 18.2 Å². The third-order valence-corrected chi connectivity index (χ3v) is 5.08. The average Bonchev–Trinajstić information content (AvgIpc) is 3.20. The molecule has 0 unspecified atom stereocenters. The number of anilines is 2. The maximum atomic E-state index is 12.0. The second kappa shape index (κ2) is 8.71. The molecule has 2 aromatic rings. The molecule has 0 radical (unpaired) electrons. The summed E-state index contributed by atoms with van der Waals surface area (Å²) in [5, 5.41) is 5.33. The first-order valence-corrected chi connectivity index (χ1v) is 9.53. The van der Waals surface area contributed by atoms with E-state index in [1.807, 2.05) is 26.0 Å². The molecule has 142 valence electrons. The molecule has 0 atom stereocenters. The second-order valence-electron chi connectivity index (χ2n) is 7.12. The Kier molecular flexibility index (Phi) is 6.12. The van der Waals surface area contributed by atoms with Crippen LogP contribution in [0.4, 0.5) is 11.4 Å². The summed E-state index contributed by atoms with van der Waals surface area (Å²) in [6.07, 6.45) is 3.22. The standard InChI is InChI=1S/C22H27N3O2/c1-16-5-8-19(15-17(16)2)24-22(27)21(26)23-12-11-18-6-9-20(10-7-18)25-13-3-4-14-25/h5-10,15H,3-4,11-14H2,1-2H3,(H,23,26)(H,24,27). The summed E-state index contributed by atoms with van der Waals surface area (Å²) in [5.74, 6) is -1.25. The van der Waals surface area contributed by atoms with Gasteiger partial charge >= 0.3 is 11.8 Å². The van der Waals surface area contributed by atoms with Crippen molar-refractivity contribution in [3.63, 3.8) is 0 Å². The van der Waals surface area contributed by atoms with Crippen LogP contribution in [0, 0.1) is 13.8 Å². The van der Waals surface area contributed by atoms with Crippen LogP contribution in [0.15, 0.2) is 42.5 Å². The maximum absolute atomic E-state index is 12.0. The molecule has 5 heteroatoms. The van der Waals surface area contributed by atoms with Crippen molar-refractivity contribution in [2.75, 3.05) is 29.9 Å². The highest BCUT2D eigenvalue weighted by Crippen LogP contribution is 2.20. The first-order chi connectivity index (χ1) is 13.0. The highest BCUT2D eigenvalue weighted by atomic mass is 16.2. The predicted molar refractivity (Wildman–Crippen MR) is 109 cm³/mol. The van der Waals surface area contributed by atoms with Gasteiger partial charge in [0.2, 0.25) is 0 Å². The molecule has 0 aromatic heterocycles. The fraction of sp³-hybridized carbons (Fsp3) is 0.364. The van der Waals surface area contributed by atoms with Crippen LogP contribution in [0.5, 0.6) is 0 Å². The number of rotatable bonds is 5. The first kappa shape index (κ1) is 19.0. The van der Waals surface area contributed by atoms with E-state index in [9.17, 15) is 9.59 Å². The molecular formula is C22H27N3O2. The topological polar surface area (TPSA) is 61.4 Å². The SMILES string of the molecule is Cc1ccc(NC(=O)C(=O)NCCc2ccc(N3CCCC3)cc2)cc1C. The van der Waals surface area contributed by atoms with Crippen LogP contribution in [0.2, 0.25) is 0 Å². The molecule has 1 aliphatic rings. The number of hydrogen-bond donors (Lipinski definition) is 2. The summed E-state index contributed by atoms with van der Waals surface area (Å²) in [6, 6.07) is 14.0. The fourth-order valence-corrected chi connectivity index (χ4v) is 3.26. The molecule has 1 fully saturated rings. The minimum atomic E-state index is -0.636. The molecule has 2 aromatic carbocycles.